The van der Waals surface area contributed by atoms with Crippen LogP contribution < -0.4 is 4.89 Å². The molecule has 0 amide bonds. The molecule has 0 spiro atoms. The normalized spacial score (nSPS) is 13.0. The van der Waals surface area contributed by atoms with Crippen LogP contribution in [0.4, 0.5) is 0 Å². The van der Waals surface area contributed by atoms with Crippen LogP contribution in [0, 0.1) is 0 Å². The molecule has 0 saturated heterocycles. The first-order chi connectivity index (χ1) is 38.5. The Labute approximate surface area is 493 Å². The van der Waals surface area contributed by atoms with E-state index in [0.717, 1.165) is 32.1 Å². The zero-order chi connectivity index (χ0) is 57.7. The Morgan fingerprint density at radius 3 is 0.810 bits per heavy atom. The van der Waals surface area contributed by atoms with Crippen molar-refractivity contribution in [3.8, 4) is 0 Å². The molecule has 0 aliphatic rings. The maximum absolute atomic E-state index is 12.8. The van der Waals surface area contributed by atoms with Gasteiger partial charge in [0.25, 0.3) is 7.82 Å². The molecular formula is C69H138NO8P. The smallest absolute Gasteiger partial charge is 0.306 e. The number of likely N-dealkylation sites (N-methyl/N-ethyl adjacent to an activating group) is 1. The van der Waals surface area contributed by atoms with E-state index < -0.39 is 26.5 Å². The molecular weight excluding hydrogens is 1000 g/mol. The summed E-state index contributed by atoms with van der Waals surface area (Å²) in [5.74, 6) is -0.806. The molecule has 0 radical (unpaired) electrons. The fourth-order valence-electron chi connectivity index (χ4n) is 11.0. The number of hydrogen-bond acceptors (Lipinski definition) is 8. The van der Waals surface area contributed by atoms with E-state index in [0.29, 0.717) is 17.4 Å². The molecule has 0 saturated carbocycles. The molecule has 472 valence electrons. The molecule has 0 aromatic carbocycles. The molecule has 0 aromatic rings. The van der Waals surface area contributed by atoms with Crippen LogP contribution in [0.15, 0.2) is 0 Å². The average molecular weight is 1140 g/mol. The number of quaternary nitrogens is 1. The predicted molar refractivity (Wildman–Crippen MR) is 338 cm³/mol. The molecule has 0 bridgehead atoms. The summed E-state index contributed by atoms with van der Waals surface area (Å²) in [6.45, 7) is 4.33. The minimum atomic E-state index is -4.63. The predicted octanol–water partition coefficient (Wildman–Crippen LogP) is 21.9. The van der Waals surface area contributed by atoms with E-state index in [2.05, 4.69) is 13.8 Å². The molecule has 0 fully saturated rings. The van der Waals surface area contributed by atoms with Gasteiger partial charge in [-0.25, -0.2) is 0 Å². The fraction of sp³-hybridized carbons (Fsp3) is 0.971. The summed E-state index contributed by atoms with van der Waals surface area (Å²) in [5, 5.41) is 0. The summed E-state index contributed by atoms with van der Waals surface area (Å²) < 4.78 is 34.3. The van der Waals surface area contributed by atoms with Crippen molar-refractivity contribution in [3.05, 3.63) is 0 Å². The van der Waals surface area contributed by atoms with Crippen LogP contribution in [0.2, 0.25) is 0 Å². The van der Waals surface area contributed by atoms with E-state index in [1.165, 1.54) is 315 Å². The standard InChI is InChI=1S/C69H138NO8P/c1-6-8-10-12-14-16-18-20-22-24-25-26-27-28-29-30-31-32-33-34-35-36-37-38-39-40-41-42-43-44-46-48-50-52-54-56-58-60-62-69(72)78-67(66-77-79(73,74)76-64-63-70(3,4)5)65-75-68(71)61-59-57-55-53-51-49-47-45-23-21-19-17-15-13-11-9-7-2/h67H,6-66H2,1-5H3. The number of nitrogens with zero attached hydrogens (tertiary/aromatic N) is 1. The molecule has 2 atom stereocenters. The SMILES string of the molecule is CCCCCCCCCCCCCCCCCCCCCCCCCCCCCCCCCCCCCCCCC(=O)OC(COC(=O)CCCCCCCCCCCCCCCCCCC)COP(=O)([O-])OCC[N+](C)(C)C. The number of esters is 2. The van der Waals surface area contributed by atoms with Gasteiger partial charge in [-0.2, -0.15) is 0 Å². The van der Waals surface area contributed by atoms with Crippen molar-refractivity contribution in [2.45, 2.75) is 386 Å². The van der Waals surface area contributed by atoms with Gasteiger partial charge in [0, 0.05) is 12.8 Å². The molecule has 0 aliphatic heterocycles. The quantitative estimate of drug-likeness (QED) is 0.0256. The Kier molecular flexibility index (Phi) is 60.8. The number of hydrogen-bond donors (Lipinski definition) is 0. The summed E-state index contributed by atoms with van der Waals surface area (Å²) in [6.07, 6.45) is 73.5. The molecule has 0 N–H and O–H groups in total. The monoisotopic (exact) mass is 1140 g/mol. The minimum Gasteiger partial charge on any atom is -0.756 e. The van der Waals surface area contributed by atoms with Crippen molar-refractivity contribution < 1.29 is 42.1 Å². The van der Waals surface area contributed by atoms with Crippen LogP contribution >= 0.6 is 7.82 Å². The van der Waals surface area contributed by atoms with Crippen molar-refractivity contribution in [1.29, 1.82) is 0 Å². The molecule has 2 unspecified atom stereocenters. The second kappa shape index (κ2) is 61.6. The van der Waals surface area contributed by atoms with Gasteiger partial charge in [-0.15, -0.1) is 0 Å². The topological polar surface area (TPSA) is 111 Å². The molecule has 9 nitrogen and oxygen atoms in total. The summed E-state index contributed by atoms with van der Waals surface area (Å²) in [6, 6.07) is 0. The third-order valence-electron chi connectivity index (χ3n) is 16.4. The van der Waals surface area contributed by atoms with Crippen LogP contribution in [-0.4, -0.2) is 70.0 Å². The average Bonchev–Trinajstić information content (AvgIpc) is 3.41. The van der Waals surface area contributed by atoms with Crippen LogP contribution in [0.1, 0.15) is 380 Å². The molecule has 10 heteroatoms. The molecule has 0 heterocycles. The van der Waals surface area contributed by atoms with Gasteiger partial charge in [0.15, 0.2) is 6.10 Å². The summed E-state index contributed by atoms with van der Waals surface area (Å²) in [5.41, 5.74) is 0. The second-order valence-electron chi connectivity index (χ2n) is 25.6. The van der Waals surface area contributed by atoms with Crippen molar-refractivity contribution >= 4 is 19.8 Å². The number of unbranched alkanes of at least 4 members (excludes halogenated alkanes) is 53. The van der Waals surface area contributed by atoms with Gasteiger partial charge >= 0.3 is 11.9 Å². The number of phosphoric ester groups is 1. The highest BCUT2D eigenvalue weighted by atomic mass is 31.2. The Morgan fingerprint density at radius 2 is 0.570 bits per heavy atom. The van der Waals surface area contributed by atoms with E-state index in [-0.39, 0.29) is 32.0 Å². The largest absolute Gasteiger partial charge is 0.756 e. The highest BCUT2D eigenvalue weighted by Crippen LogP contribution is 2.38. The van der Waals surface area contributed by atoms with Crippen molar-refractivity contribution in [1.82, 2.24) is 0 Å². The molecule has 0 aliphatic carbocycles. The number of phosphoric acid groups is 1. The highest BCUT2D eigenvalue weighted by Gasteiger charge is 2.22. The van der Waals surface area contributed by atoms with Crippen LogP contribution in [0.3, 0.4) is 0 Å². The van der Waals surface area contributed by atoms with E-state index in [1.807, 2.05) is 21.1 Å². The maximum atomic E-state index is 12.8. The lowest BCUT2D eigenvalue weighted by molar-refractivity contribution is -0.870. The lowest BCUT2D eigenvalue weighted by atomic mass is 10.0. The van der Waals surface area contributed by atoms with Gasteiger partial charge in [-0.05, 0) is 12.8 Å². The first-order valence-electron chi connectivity index (χ1n) is 35.2. The third kappa shape index (κ3) is 66.0. The van der Waals surface area contributed by atoms with Crippen molar-refractivity contribution in [3.63, 3.8) is 0 Å². The molecule has 79 heavy (non-hydrogen) atoms. The lowest BCUT2D eigenvalue weighted by Crippen LogP contribution is -2.37. The van der Waals surface area contributed by atoms with Gasteiger partial charge in [-0.1, -0.05) is 354 Å². The number of ether oxygens (including phenoxy) is 2. The van der Waals surface area contributed by atoms with Gasteiger partial charge in [0.2, 0.25) is 0 Å². The van der Waals surface area contributed by atoms with E-state index in [9.17, 15) is 19.0 Å². The maximum Gasteiger partial charge on any atom is 0.306 e. The van der Waals surface area contributed by atoms with Gasteiger partial charge < -0.3 is 27.9 Å². The van der Waals surface area contributed by atoms with Crippen molar-refractivity contribution in [2.75, 3.05) is 47.5 Å². The Bertz CT molecular complexity index is 1290. The highest BCUT2D eigenvalue weighted by molar-refractivity contribution is 7.45. The fourth-order valence-corrected chi connectivity index (χ4v) is 11.7. The Morgan fingerprint density at radius 1 is 0.342 bits per heavy atom. The van der Waals surface area contributed by atoms with Crippen LogP contribution in [0.25, 0.3) is 0 Å². The Hall–Kier alpha value is -0.990. The minimum absolute atomic E-state index is 0.0249. The van der Waals surface area contributed by atoms with E-state index in [1.54, 1.807) is 0 Å². The van der Waals surface area contributed by atoms with E-state index >= 15 is 0 Å². The first kappa shape index (κ1) is 78.0. The van der Waals surface area contributed by atoms with Crippen LogP contribution in [-0.2, 0) is 32.7 Å². The van der Waals surface area contributed by atoms with Gasteiger partial charge in [0.05, 0.1) is 27.7 Å². The zero-order valence-corrected chi connectivity index (χ0v) is 54.8. The molecule has 0 rings (SSSR count). The second-order valence-corrected chi connectivity index (χ2v) is 27.0. The van der Waals surface area contributed by atoms with Gasteiger partial charge in [0.1, 0.15) is 19.8 Å². The summed E-state index contributed by atoms with van der Waals surface area (Å²) >= 11 is 0. The van der Waals surface area contributed by atoms with Crippen LogP contribution in [0.5, 0.6) is 0 Å². The number of carbonyl (C=O) groups is 2. The number of carbonyl (C=O) groups excluding carboxylic acids is 2. The lowest BCUT2D eigenvalue weighted by Gasteiger charge is -2.28. The summed E-state index contributed by atoms with van der Waals surface area (Å²) in [4.78, 5) is 38.0. The number of rotatable bonds is 67. The Balaban J connectivity index is 3.86. The van der Waals surface area contributed by atoms with Gasteiger partial charge in [-0.3, -0.25) is 14.2 Å². The first-order valence-corrected chi connectivity index (χ1v) is 36.7. The van der Waals surface area contributed by atoms with E-state index in [4.69, 9.17) is 18.5 Å². The summed E-state index contributed by atoms with van der Waals surface area (Å²) in [7, 11) is 1.19. The third-order valence-corrected chi connectivity index (χ3v) is 17.3. The zero-order valence-electron chi connectivity index (χ0n) is 53.9. The molecule has 0 aromatic heterocycles. The van der Waals surface area contributed by atoms with Crippen molar-refractivity contribution in [2.24, 2.45) is 0 Å².